The van der Waals surface area contributed by atoms with Crippen molar-refractivity contribution in [2.75, 3.05) is 13.1 Å². The third-order valence-electron chi connectivity index (χ3n) is 3.13. The second kappa shape index (κ2) is 12.0. The average Bonchev–Trinajstić information content (AvgIpc) is 2.51. The number of nitrogens with one attached hydrogen (secondary N) is 2. The van der Waals surface area contributed by atoms with E-state index in [1.165, 1.54) is 0 Å². The van der Waals surface area contributed by atoms with Crippen molar-refractivity contribution in [1.29, 1.82) is 0 Å². The molecule has 5 nitrogen and oxygen atoms in total. The molecule has 1 atom stereocenters. The molecule has 2 amide bonds. The predicted octanol–water partition coefficient (Wildman–Crippen LogP) is 1.92. The first-order valence-corrected chi connectivity index (χ1v) is 7.47. The maximum Gasteiger partial charge on any atom is 0.220 e. The lowest BCUT2D eigenvalue weighted by molar-refractivity contribution is -0.122. The molecule has 0 aromatic heterocycles. The van der Waals surface area contributed by atoms with Crippen molar-refractivity contribution in [3.05, 3.63) is 35.9 Å². The third kappa shape index (κ3) is 8.64. The van der Waals surface area contributed by atoms with E-state index in [1.807, 2.05) is 37.3 Å². The van der Waals surface area contributed by atoms with Gasteiger partial charge in [0.15, 0.2) is 0 Å². The Labute approximate surface area is 138 Å². The minimum absolute atomic E-state index is 0. The zero-order chi connectivity index (χ0) is 15.5. The predicted molar refractivity (Wildman–Crippen MR) is 90.8 cm³/mol. The van der Waals surface area contributed by atoms with Gasteiger partial charge in [-0.15, -0.1) is 12.4 Å². The molecule has 0 fully saturated rings. The smallest absolute Gasteiger partial charge is 0.220 e. The monoisotopic (exact) mass is 327 g/mol. The number of nitrogens with two attached hydrogens (primary N) is 1. The lowest BCUT2D eigenvalue weighted by Crippen LogP contribution is -2.32. The molecule has 1 aromatic carbocycles. The molecular weight excluding hydrogens is 302 g/mol. The fourth-order valence-electron chi connectivity index (χ4n) is 1.89. The Hall–Kier alpha value is -1.59. The van der Waals surface area contributed by atoms with Gasteiger partial charge in [0.2, 0.25) is 11.8 Å². The Bertz CT molecular complexity index is 440. The second-order valence-corrected chi connectivity index (χ2v) is 5.02. The molecule has 0 aliphatic rings. The van der Waals surface area contributed by atoms with Crippen molar-refractivity contribution < 1.29 is 9.59 Å². The zero-order valence-corrected chi connectivity index (χ0v) is 13.8. The van der Waals surface area contributed by atoms with Crippen molar-refractivity contribution in [2.24, 2.45) is 5.73 Å². The highest BCUT2D eigenvalue weighted by Gasteiger charge is 2.08. The van der Waals surface area contributed by atoms with E-state index in [0.29, 0.717) is 32.4 Å². The van der Waals surface area contributed by atoms with E-state index in [-0.39, 0.29) is 30.3 Å². The van der Waals surface area contributed by atoms with E-state index in [9.17, 15) is 9.59 Å². The standard InChI is InChI=1S/C16H25N3O2.ClH/c1-2-11-18-15(20)9-6-10-16(21)19-12-14(17)13-7-4-3-5-8-13;/h3-5,7-8,14H,2,6,9-12,17H2,1H3,(H,18,20)(H,19,21);1H. The van der Waals surface area contributed by atoms with Gasteiger partial charge in [-0.2, -0.15) is 0 Å². The number of benzene rings is 1. The quantitative estimate of drug-likeness (QED) is 0.648. The molecule has 0 aliphatic carbocycles. The summed E-state index contributed by atoms with van der Waals surface area (Å²) < 4.78 is 0. The summed E-state index contributed by atoms with van der Waals surface area (Å²) in [6, 6.07) is 9.45. The maximum atomic E-state index is 11.7. The first kappa shape index (κ1) is 20.4. The summed E-state index contributed by atoms with van der Waals surface area (Å²) >= 11 is 0. The third-order valence-corrected chi connectivity index (χ3v) is 3.13. The normalized spacial score (nSPS) is 11.2. The molecule has 0 bridgehead atoms. The van der Waals surface area contributed by atoms with E-state index in [2.05, 4.69) is 10.6 Å². The van der Waals surface area contributed by atoms with Crippen molar-refractivity contribution in [3.63, 3.8) is 0 Å². The van der Waals surface area contributed by atoms with Gasteiger partial charge < -0.3 is 16.4 Å². The van der Waals surface area contributed by atoms with Crippen LogP contribution in [-0.2, 0) is 9.59 Å². The van der Waals surface area contributed by atoms with E-state index in [4.69, 9.17) is 5.73 Å². The van der Waals surface area contributed by atoms with Crippen molar-refractivity contribution in [2.45, 2.75) is 38.6 Å². The number of hydrogen-bond donors (Lipinski definition) is 3. The summed E-state index contributed by atoms with van der Waals surface area (Å²) in [6.45, 7) is 3.10. The Kier molecular flexibility index (Phi) is 11.1. The van der Waals surface area contributed by atoms with Gasteiger partial charge in [0.05, 0.1) is 0 Å². The topological polar surface area (TPSA) is 84.2 Å². The van der Waals surface area contributed by atoms with Crippen LogP contribution in [0.1, 0.15) is 44.2 Å². The molecule has 22 heavy (non-hydrogen) atoms. The van der Waals surface area contributed by atoms with Crippen LogP contribution in [-0.4, -0.2) is 24.9 Å². The van der Waals surface area contributed by atoms with E-state index in [0.717, 1.165) is 12.0 Å². The number of hydrogen-bond acceptors (Lipinski definition) is 3. The lowest BCUT2D eigenvalue weighted by atomic mass is 10.1. The van der Waals surface area contributed by atoms with Crippen LogP contribution in [0.3, 0.4) is 0 Å². The van der Waals surface area contributed by atoms with Gasteiger partial charge in [-0.25, -0.2) is 0 Å². The highest BCUT2D eigenvalue weighted by molar-refractivity contribution is 5.85. The number of carbonyl (C=O) groups excluding carboxylic acids is 2. The molecule has 0 heterocycles. The van der Waals surface area contributed by atoms with Gasteiger partial charge in [0, 0.05) is 32.0 Å². The Morgan fingerprint density at radius 1 is 1.09 bits per heavy atom. The molecule has 1 aromatic rings. The van der Waals surface area contributed by atoms with Crippen LogP contribution in [0.25, 0.3) is 0 Å². The Balaban J connectivity index is 0.00000441. The van der Waals surface area contributed by atoms with Crippen LogP contribution < -0.4 is 16.4 Å². The van der Waals surface area contributed by atoms with E-state index in [1.54, 1.807) is 0 Å². The summed E-state index contributed by atoms with van der Waals surface area (Å²) in [4.78, 5) is 23.0. The zero-order valence-electron chi connectivity index (χ0n) is 13.0. The SMILES string of the molecule is CCCNC(=O)CCCC(=O)NCC(N)c1ccccc1.Cl. The fourth-order valence-corrected chi connectivity index (χ4v) is 1.89. The van der Waals surface area contributed by atoms with E-state index >= 15 is 0 Å². The summed E-state index contributed by atoms with van der Waals surface area (Å²) in [5, 5.41) is 5.59. The van der Waals surface area contributed by atoms with Crippen LogP contribution >= 0.6 is 12.4 Å². The summed E-state index contributed by atoms with van der Waals surface area (Å²) in [5.74, 6) is -0.0599. The molecule has 0 radical (unpaired) electrons. The summed E-state index contributed by atoms with van der Waals surface area (Å²) in [5.41, 5.74) is 6.99. The van der Waals surface area contributed by atoms with Crippen molar-refractivity contribution >= 4 is 24.2 Å². The molecule has 1 unspecified atom stereocenters. The molecule has 4 N–H and O–H groups in total. The second-order valence-electron chi connectivity index (χ2n) is 5.02. The molecule has 1 rings (SSSR count). The van der Waals surface area contributed by atoms with Gasteiger partial charge in [0.25, 0.3) is 0 Å². The van der Waals surface area contributed by atoms with Gasteiger partial charge in [-0.1, -0.05) is 37.3 Å². The molecule has 0 spiro atoms. The minimum atomic E-state index is -0.206. The highest BCUT2D eigenvalue weighted by Crippen LogP contribution is 2.08. The van der Waals surface area contributed by atoms with Crippen LogP contribution in [0.2, 0.25) is 0 Å². The van der Waals surface area contributed by atoms with Gasteiger partial charge in [0.1, 0.15) is 0 Å². The number of halogens is 1. The van der Waals surface area contributed by atoms with Crippen LogP contribution in [0.15, 0.2) is 30.3 Å². The number of amides is 2. The Morgan fingerprint density at radius 3 is 2.27 bits per heavy atom. The summed E-state index contributed by atoms with van der Waals surface area (Å²) in [7, 11) is 0. The van der Waals surface area contributed by atoms with Gasteiger partial charge >= 0.3 is 0 Å². The number of carbonyl (C=O) groups is 2. The number of rotatable bonds is 9. The first-order chi connectivity index (χ1) is 10.1. The Morgan fingerprint density at radius 2 is 1.68 bits per heavy atom. The average molecular weight is 328 g/mol. The lowest BCUT2D eigenvalue weighted by Gasteiger charge is -2.13. The van der Waals surface area contributed by atoms with Crippen molar-refractivity contribution in [1.82, 2.24) is 10.6 Å². The van der Waals surface area contributed by atoms with Gasteiger partial charge in [-0.05, 0) is 18.4 Å². The molecule has 6 heteroatoms. The van der Waals surface area contributed by atoms with E-state index < -0.39 is 0 Å². The molecular formula is C16H26ClN3O2. The van der Waals surface area contributed by atoms with Crippen LogP contribution in [0.5, 0.6) is 0 Å². The van der Waals surface area contributed by atoms with Crippen LogP contribution in [0.4, 0.5) is 0 Å². The molecule has 124 valence electrons. The minimum Gasteiger partial charge on any atom is -0.356 e. The fraction of sp³-hybridized carbons (Fsp3) is 0.500. The van der Waals surface area contributed by atoms with Gasteiger partial charge in [-0.3, -0.25) is 9.59 Å². The van der Waals surface area contributed by atoms with Crippen molar-refractivity contribution in [3.8, 4) is 0 Å². The summed E-state index contributed by atoms with van der Waals surface area (Å²) in [6.07, 6.45) is 2.21. The largest absolute Gasteiger partial charge is 0.356 e. The van der Waals surface area contributed by atoms with Crippen LogP contribution in [0, 0.1) is 0 Å². The first-order valence-electron chi connectivity index (χ1n) is 7.47. The highest BCUT2D eigenvalue weighted by atomic mass is 35.5. The molecule has 0 aliphatic heterocycles. The maximum absolute atomic E-state index is 11.7. The molecule has 0 saturated heterocycles. The molecule has 0 saturated carbocycles.